The molecule has 1 fully saturated rings. The van der Waals surface area contributed by atoms with E-state index in [9.17, 15) is 13.2 Å². The fourth-order valence-electron chi connectivity index (χ4n) is 3.62. The number of nitrogens with zero attached hydrogens (tertiary/aromatic N) is 2. The summed E-state index contributed by atoms with van der Waals surface area (Å²) in [6.45, 7) is 1.88. The molecular weight excluding hydrogens is 504 g/mol. The van der Waals surface area contributed by atoms with Gasteiger partial charge in [0.05, 0.1) is 16.3 Å². The molecule has 0 radical (unpaired) electrons. The number of rotatable bonds is 6. The molecule has 0 atom stereocenters. The van der Waals surface area contributed by atoms with Crippen LogP contribution in [0.4, 0.5) is 11.4 Å². The second-order valence-electron chi connectivity index (χ2n) is 8.24. The Morgan fingerprint density at radius 3 is 2.08 bits per heavy atom. The lowest BCUT2D eigenvalue weighted by Crippen LogP contribution is -2.28. The number of aliphatic imine (C=N–C) groups is 1. The lowest BCUT2D eigenvalue weighted by molar-refractivity contribution is -0.113. The maximum absolute atomic E-state index is 13.4. The van der Waals surface area contributed by atoms with Crippen molar-refractivity contribution in [2.45, 2.75) is 11.8 Å². The average molecular weight is 527 g/mol. The highest BCUT2D eigenvalue weighted by Crippen LogP contribution is 2.37. The second-order valence-corrected chi connectivity index (χ2v) is 10.8. The molecule has 0 spiro atoms. The Labute approximate surface area is 220 Å². The fraction of sp³-hybridized carbons (Fsp3) is 0.0345. The highest BCUT2D eigenvalue weighted by atomic mass is 32.2. The number of amides is 1. The van der Waals surface area contributed by atoms with Gasteiger partial charge >= 0.3 is 10.1 Å². The summed E-state index contributed by atoms with van der Waals surface area (Å²) in [5.74, 6) is -0.00137. The van der Waals surface area contributed by atoms with Gasteiger partial charge in [0.1, 0.15) is 10.6 Å². The zero-order valence-electron chi connectivity index (χ0n) is 19.8. The maximum Gasteiger partial charge on any atom is 0.339 e. The molecule has 0 aliphatic carbocycles. The van der Waals surface area contributed by atoms with Crippen molar-refractivity contribution >= 4 is 50.4 Å². The molecule has 0 saturated carbocycles. The normalized spacial score (nSPS) is 15.9. The largest absolute Gasteiger partial charge is 0.379 e. The van der Waals surface area contributed by atoms with E-state index in [1.165, 1.54) is 23.9 Å². The highest BCUT2D eigenvalue weighted by Gasteiger charge is 2.34. The number of aryl methyl sites for hydroxylation is 1. The highest BCUT2D eigenvalue weighted by molar-refractivity contribution is 8.19. The minimum atomic E-state index is -3.95. The minimum Gasteiger partial charge on any atom is -0.379 e. The molecule has 0 unspecified atom stereocenters. The quantitative estimate of drug-likeness (QED) is 0.210. The second kappa shape index (κ2) is 10.5. The Morgan fingerprint density at radius 2 is 1.43 bits per heavy atom. The van der Waals surface area contributed by atoms with Crippen LogP contribution < -0.4 is 9.08 Å². The van der Waals surface area contributed by atoms with Gasteiger partial charge in [0.2, 0.25) is 0 Å². The topological polar surface area (TPSA) is 76.0 Å². The van der Waals surface area contributed by atoms with Gasteiger partial charge in [-0.2, -0.15) is 8.42 Å². The van der Waals surface area contributed by atoms with Gasteiger partial charge in [-0.1, -0.05) is 66.2 Å². The Morgan fingerprint density at radius 1 is 0.811 bits per heavy atom. The predicted molar refractivity (Wildman–Crippen MR) is 148 cm³/mol. The van der Waals surface area contributed by atoms with E-state index in [0.717, 1.165) is 22.5 Å². The molecule has 8 heteroatoms. The van der Waals surface area contributed by atoms with Crippen LogP contribution in [0.25, 0.3) is 6.08 Å². The summed E-state index contributed by atoms with van der Waals surface area (Å²) in [6.07, 6.45) is 1.76. The van der Waals surface area contributed by atoms with Crippen molar-refractivity contribution in [2.24, 2.45) is 4.99 Å². The van der Waals surface area contributed by atoms with E-state index in [1.54, 1.807) is 47.4 Å². The Balaban J connectivity index is 1.40. The molecule has 5 rings (SSSR count). The summed E-state index contributed by atoms with van der Waals surface area (Å²) in [4.78, 5) is 20.3. The first-order chi connectivity index (χ1) is 17.9. The first kappa shape index (κ1) is 24.5. The molecule has 6 nitrogen and oxygen atoms in total. The molecule has 4 aromatic carbocycles. The third-order valence-corrected chi connectivity index (χ3v) is 7.73. The number of thioether (sulfide) groups is 1. The number of carbonyl (C=O) groups is 1. The third-order valence-electron chi connectivity index (χ3n) is 5.50. The van der Waals surface area contributed by atoms with Crippen LogP contribution >= 0.6 is 11.8 Å². The van der Waals surface area contributed by atoms with Gasteiger partial charge in [0, 0.05) is 0 Å². The van der Waals surface area contributed by atoms with Crippen LogP contribution in [-0.4, -0.2) is 19.5 Å². The molecular formula is C29H22N2O4S2. The number of hydrogen-bond acceptors (Lipinski definition) is 6. The summed E-state index contributed by atoms with van der Waals surface area (Å²) in [7, 11) is -3.95. The summed E-state index contributed by atoms with van der Waals surface area (Å²) in [5, 5.41) is 0.554. The van der Waals surface area contributed by atoms with Crippen molar-refractivity contribution in [3.63, 3.8) is 0 Å². The molecule has 4 aromatic rings. The molecule has 1 saturated heterocycles. The lowest BCUT2D eigenvalue weighted by Gasteiger charge is -2.15. The van der Waals surface area contributed by atoms with E-state index >= 15 is 0 Å². The van der Waals surface area contributed by atoms with Crippen molar-refractivity contribution < 1.29 is 17.4 Å². The Bertz CT molecular complexity index is 1580. The maximum atomic E-state index is 13.4. The van der Waals surface area contributed by atoms with E-state index in [1.807, 2.05) is 67.6 Å². The van der Waals surface area contributed by atoms with Gasteiger partial charge in [-0.05, 0) is 78.9 Å². The Hall–Kier alpha value is -4.14. The molecule has 1 heterocycles. The molecule has 1 aliphatic rings. The average Bonchev–Trinajstić information content (AvgIpc) is 3.20. The van der Waals surface area contributed by atoms with Gasteiger partial charge in [0.15, 0.2) is 5.17 Å². The van der Waals surface area contributed by atoms with E-state index in [4.69, 9.17) is 9.18 Å². The molecule has 184 valence electrons. The SMILES string of the molecule is Cc1ccc(S(=O)(=O)Oc2ccc(/C=C3/SC(=Nc4ccccc4)N(c4ccccc4)C3=O)cc2)cc1. The molecule has 0 aromatic heterocycles. The third kappa shape index (κ3) is 5.66. The molecule has 0 bridgehead atoms. The van der Waals surface area contributed by atoms with Crippen LogP contribution in [0.2, 0.25) is 0 Å². The molecule has 37 heavy (non-hydrogen) atoms. The van der Waals surface area contributed by atoms with E-state index in [-0.39, 0.29) is 16.6 Å². The predicted octanol–water partition coefficient (Wildman–Crippen LogP) is 6.57. The van der Waals surface area contributed by atoms with Crippen LogP contribution in [0, 0.1) is 6.92 Å². The molecule has 1 amide bonds. The number of carbonyl (C=O) groups excluding carboxylic acids is 1. The van der Waals surface area contributed by atoms with Gasteiger partial charge in [-0.25, -0.2) is 4.99 Å². The molecule has 0 N–H and O–H groups in total. The van der Waals surface area contributed by atoms with Crippen molar-refractivity contribution in [1.82, 2.24) is 0 Å². The number of benzene rings is 4. The smallest absolute Gasteiger partial charge is 0.339 e. The van der Waals surface area contributed by atoms with Gasteiger partial charge < -0.3 is 4.18 Å². The van der Waals surface area contributed by atoms with Crippen molar-refractivity contribution in [1.29, 1.82) is 0 Å². The van der Waals surface area contributed by atoms with Crippen molar-refractivity contribution in [2.75, 3.05) is 4.90 Å². The molecule has 1 aliphatic heterocycles. The number of hydrogen-bond donors (Lipinski definition) is 0. The zero-order valence-corrected chi connectivity index (χ0v) is 21.4. The monoisotopic (exact) mass is 526 g/mol. The first-order valence-corrected chi connectivity index (χ1v) is 13.7. The lowest BCUT2D eigenvalue weighted by atomic mass is 10.2. The van der Waals surface area contributed by atoms with Crippen LogP contribution in [0.5, 0.6) is 5.75 Å². The fourth-order valence-corrected chi connectivity index (χ4v) is 5.55. The van der Waals surface area contributed by atoms with Crippen molar-refractivity contribution in [3.05, 3.63) is 125 Å². The number of anilines is 1. The summed E-state index contributed by atoms with van der Waals surface area (Å²) >= 11 is 1.28. The van der Waals surface area contributed by atoms with E-state index in [2.05, 4.69) is 0 Å². The standard InChI is InChI=1S/C29H22N2O4S2/c1-21-12-18-26(19-13-21)37(33,34)35-25-16-14-22(15-17-25)20-27-28(32)31(24-10-6-3-7-11-24)29(36-27)30-23-8-4-2-5-9-23/h2-20H,1H3/b27-20+,30-29?. The number of para-hydroxylation sites is 2. The van der Waals surface area contributed by atoms with E-state index < -0.39 is 10.1 Å². The van der Waals surface area contributed by atoms with Crippen LogP contribution in [0.15, 0.2) is 124 Å². The summed E-state index contributed by atoms with van der Waals surface area (Å²) in [5.41, 5.74) is 3.16. The van der Waals surface area contributed by atoms with Gasteiger partial charge in [-0.15, -0.1) is 0 Å². The zero-order chi connectivity index (χ0) is 25.8. The van der Waals surface area contributed by atoms with Crippen LogP contribution in [0.3, 0.4) is 0 Å². The van der Waals surface area contributed by atoms with Crippen molar-refractivity contribution in [3.8, 4) is 5.75 Å². The minimum absolute atomic E-state index is 0.0866. The van der Waals surface area contributed by atoms with Crippen LogP contribution in [0.1, 0.15) is 11.1 Å². The summed E-state index contributed by atoms with van der Waals surface area (Å²) < 4.78 is 30.4. The summed E-state index contributed by atoms with van der Waals surface area (Å²) in [6, 6.07) is 31.8. The number of amidine groups is 1. The Kier molecular flexibility index (Phi) is 6.94. The van der Waals surface area contributed by atoms with Gasteiger partial charge in [-0.3, -0.25) is 9.69 Å². The first-order valence-electron chi connectivity index (χ1n) is 11.4. The van der Waals surface area contributed by atoms with Crippen LogP contribution in [-0.2, 0) is 14.9 Å². The van der Waals surface area contributed by atoms with E-state index in [0.29, 0.717) is 10.1 Å². The van der Waals surface area contributed by atoms with Gasteiger partial charge in [0.25, 0.3) is 5.91 Å².